The zero-order valence-corrected chi connectivity index (χ0v) is 10.2. The first-order valence-electron chi connectivity index (χ1n) is 4.09. The molecule has 0 saturated heterocycles. The van der Waals surface area contributed by atoms with Crippen molar-refractivity contribution < 1.29 is 0 Å². The molecule has 0 spiro atoms. The zero-order chi connectivity index (χ0) is 9.12. The Kier molecular flexibility index (Phi) is 4.34. The van der Waals surface area contributed by atoms with Crippen LogP contribution in [0.5, 0.6) is 0 Å². The second-order valence-electron chi connectivity index (χ2n) is 4.00. The third-order valence-corrected chi connectivity index (χ3v) is 5.69. The van der Waals surface area contributed by atoms with Crippen LogP contribution in [0.25, 0.3) is 0 Å². The first-order valence-corrected chi connectivity index (χ1v) is 6.65. The highest BCUT2D eigenvalue weighted by molar-refractivity contribution is 8.76. The Hall–Kier alpha value is 0.700. The number of rotatable bonds is 4. The third-order valence-electron chi connectivity index (χ3n) is 2.81. The molecule has 0 rings (SSSR count). The molecule has 11 heavy (non-hydrogen) atoms. The summed E-state index contributed by atoms with van der Waals surface area (Å²) in [6.45, 7) is 11.6. The van der Waals surface area contributed by atoms with Crippen LogP contribution in [0.3, 0.4) is 0 Å². The summed E-state index contributed by atoms with van der Waals surface area (Å²) < 4.78 is 0.376. The van der Waals surface area contributed by atoms with E-state index in [1.54, 1.807) is 0 Å². The maximum absolute atomic E-state index is 2.34. The highest BCUT2D eigenvalue weighted by Crippen LogP contribution is 2.47. The van der Waals surface area contributed by atoms with Crippen molar-refractivity contribution in [3.63, 3.8) is 0 Å². The van der Waals surface area contributed by atoms with Gasteiger partial charge in [-0.2, -0.15) is 0 Å². The van der Waals surface area contributed by atoms with E-state index in [9.17, 15) is 0 Å². The van der Waals surface area contributed by atoms with Gasteiger partial charge in [-0.1, -0.05) is 42.4 Å². The summed E-state index contributed by atoms with van der Waals surface area (Å²) in [7, 11) is 3.85. The van der Waals surface area contributed by atoms with Crippen molar-refractivity contribution in [1.82, 2.24) is 0 Å². The van der Waals surface area contributed by atoms with Crippen molar-refractivity contribution in [2.75, 3.05) is 6.26 Å². The molecule has 0 unspecified atom stereocenters. The van der Waals surface area contributed by atoms with E-state index in [-0.39, 0.29) is 0 Å². The van der Waals surface area contributed by atoms with Crippen LogP contribution in [0.2, 0.25) is 0 Å². The van der Waals surface area contributed by atoms with Crippen molar-refractivity contribution in [2.45, 2.75) is 45.8 Å². The van der Waals surface area contributed by atoms with Crippen molar-refractivity contribution in [3.8, 4) is 0 Å². The summed E-state index contributed by atoms with van der Waals surface area (Å²) in [5.41, 5.74) is 0.431. The van der Waals surface area contributed by atoms with E-state index in [2.05, 4.69) is 40.9 Å². The van der Waals surface area contributed by atoms with Gasteiger partial charge in [0.15, 0.2) is 0 Å². The van der Waals surface area contributed by atoms with E-state index in [1.807, 2.05) is 21.6 Å². The van der Waals surface area contributed by atoms with Crippen molar-refractivity contribution >= 4 is 21.6 Å². The summed E-state index contributed by atoms with van der Waals surface area (Å²) >= 11 is 0. The molecular weight excluding hydrogens is 172 g/mol. The van der Waals surface area contributed by atoms with E-state index in [0.29, 0.717) is 10.2 Å². The summed E-state index contributed by atoms with van der Waals surface area (Å²) in [6, 6.07) is 0. The van der Waals surface area contributed by atoms with Crippen LogP contribution >= 0.6 is 21.6 Å². The fourth-order valence-electron chi connectivity index (χ4n) is 0.747. The van der Waals surface area contributed by atoms with Gasteiger partial charge < -0.3 is 0 Å². The largest absolute Gasteiger partial charge is 0.0970 e. The second-order valence-corrected chi connectivity index (χ2v) is 7.02. The molecule has 0 aromatic heterocycles. The standard InChI is InChI=1S/C9H20S2/c1-7-8(2,3)9(4,5)11-10-6/h7H2,1-6H3. The maximum atomic E-state index is 2.34. The molecule has 0 aromatic carbocycles. The molecule has 0 amide bonds. The Labute approximate surface area is 79.3 Å². The Bertz CT molecular complexity index is 117. The monoisotopic (exact) mass is 192 g/mol. The molecule has 68 valence electrons. The lowest BCUT2D eigenvalue weighted by Crippen LogP contribution is -2.34. The first-order chi connectivity index (χ1) is 4.87. The molecule has 0 nitrogen and oxygen atoms in total. The second kappa shape index (κ2) is 4.08. The van der Waals surface area contributed by atoms with Gasteiger partial charge in [-0.25, -0.2) is 0 Å². The minimum atomic E-state index is 0.376. The highest BCUT2D eigenvalue weighted by atomic mass is 33.1. The van der Waals surface area contributed by atoms with Gasteiger partial charge in [0.25, 0.3) is 0 Å². The van der Waals surface area contributed by atoms with E-state index in [0.717, 1.165) is 0 Å². The van der Waals surface area contributed by atoms with Gasteiger partial charge in [-0.3, -0.25) is 0 Å². The van der Waals surface area contributed by atoms with Gasteiger partial charge in [0.1, 0.15) is 0 Å². The average Bonchev–Trinajstić information content (AvgIpc) is 1.87. The normalized spacial score (nSPS) is 13.6. The molecule has 0 aliphatic rings. The molecule has 0 N–H and O–H groups in total. The van der Waals surface area contributed by atoms with E-state index in [1.165, 1.54) is 6.42 Å². The van der Waals surface area contributed by atoms with Crippen LogP contribution < -0.4 is 0 Å². The average molecular weight is 192 g/mol. The predicted octanol–water partition coefficient (Wildman–Crippen LogP) is 4.21. The van der Waals surface area contributed by atoms with Gasteiger partial charge in [0.2, 0.25) is 0 Å². The van der Waals surface area contributed by atoms with Crippen LogP contribution in [0.4, 0.5) is 0 Å². The van der Waals surface area contributed by atoms with Crippen LogP contribution in [0.15, 0.2) is 0 Å². The Morgan fingerprint density at radius 2 is 1.55 bits per heavy atom. The lowest BCUT2D eigenvalue weighted by Gasteiger charge is -2.39. The molecule has 0 fully saturated rings. The van der Waals surface area contributed by atoms with E-state index in [4.69, 9.17) is 0 Å². The van der Waals surface area contributed by atoms with Crippen LogP contribution in [-0.2, 0) is 0 Å². The van der Waals surface area contributed by atoms with Crippen LogP contribution in [0.1, 0.15) is 41.0 Å². The molecule has 0 saturated carbocycles. The first kappa shape index (κ1) is 11.7. The summed E-state index contributed by atoms with van der Waals surface area (Å²) in [5.74, 6) is 0. The fourth-order valence-corrected chi connectivity index (χ4v) is 3.46. The Morgan fingerprint density at radius 3 is 1.82 bits per heavy atom. The topological polar surface area (TPSA) is 0 Å². The molecule has 0 aliphatic heterocycles. The SMILES string of the molecule is CCC(C)(C)C(C)(C)SSC. The minimum Gasteiger partial charge on any atom is -0.0970 e. The molecule has 0 bridgehead atoms. The zero-order valence-electron chi connectivity index (χ0n) is 8.52. The molecule has 0 heterocycles. The lowest BCUT2D eigenvalue weighted by molar-refractivity contribution is 0.274. The summed E-state index contributed by atoms with van der Waals surface area (Å²) in [5, 5.41) is 0. The van der Waals surface area contributed by atoms with E-state index >= 15 is 0 Å². The number of hydrogen-bond acceptors (Lipinski definition) is 2. The van der Waals surface area contributed by atoms with Gasteiger partial charge in [-0.05, 0) is 31.9 Å². The van der Waals surface area contributed by atoms with Crippen LogP contribution in [0, 0.1) is 5.41 Å². The quantitative estimate of drug-likeness (QED) is 0.612. The predicted molar refractivity (Wildman–Crippen MR) is 59.3 cm³/mol. The van der Waals surface area contributed by atoms with Gasteiger partial charge >= 0.3 is 0 Å². The fraction of sp³-hybridized carbons (Fsp3) is 1.00. The molecule has 0 aliphatic carbocycles. The van der Waals surface area contributed by atoms with Crippen molar-refractivity contribution in [1.29, 1.82) is 0 Å². The summed E-state index contributed by atoms with van der Waals surface area (Å²) in [6.07, 6.45) is 3.39. The van der Waals surface area contributed by atoms with Gasteiger partial charge in [-0.15, -0.1) is 0 Å². The van der Waals surface area contributed by atoms with Gasteiger partial charge in [0.05, 0.1) is 0 Å². The lowest BCUT2D eigenvalue weighted by atomic mass is 9.78. The summed E-state index contributed by atoms with van der Waals surface area (Å²) in [4.78, 5) is 0. The Balaban J connectivity index is 4.26. The highest BCUT2D eigenvalue weighted by Gasteiger charge is 2.35. The van der Waals surface area contributed by atoms with Gasteiger partial charge in [0, 0.05) is 4.75 Å². The molecular formula is C9H20S2. The smallest absolute Gasteiger partial charge is 0.0258 e. The molecule has 0 radical (unpaired) electrons. The molecule has 0 aromatic rings. The third kappa shape index (κ3) is 2.90. The number of hydrogen-bond donors (Lipinski definition) is 0. The molecule has 2 heteroatoms. The minimum absolute atomic E-state index is 0.376. The van der Waals surface area contributed by atoms with Crippen molar-refractivity contribution in [3.05, 3.63) is 0 Å². The molecule has 0 atom stereocenters. The van der Waals surface area contributed by atoms with E-state index < -0.39 is 0 Å². The van der Waals surface area contributed by atoms with Crippen molar-refractivity contribution in [2.24, 2.45) is 5.41 Å². The van der Waals surface area contributed by atoms with Crippen LogP contribution in [-0.4, -0.2) is 11.0 Å². The Morgan fingerprint density at radius 1 is 1.09 bits per heavy atom. The maximum Gasteiger partial charge on any atom is 0.0258 e.